The maximum atomic E-state index is 13.3. The van der Waals surface area contributed by atoms with Crippen LogP contribution in [0.4, 0.5) is 5.69 Å². The molecule has 0 aromatic heterocycles. The van der Waals surface area contributed by atoms with E-state index in [1.165, 1.54) is 17.0 Å². The van der Waals surface area contributed by atoms with Crippen LogP contribution in [-0.4, -0.2) is 26.2 Å². The molecule has 1 aliphatic carbocycles. The number of nitrogens with zero attached hydrogens (tertiary/aromatic N) is 1. The lowest BCUT2D eigenvalue weighted by molar-refractivity contribution is -0.00210. The molecule has 2 aliphatic rings. The molecular weight excluding hydrogens is 496 g/mol. The molecule has 6 nitrogen and oxygen atoms in total. The largest absolute Gasteiger partial charge is 0.487 e. The number of amides is 1. The number of nitrogens with one attached hydrogen (secondary N) is 1. The monoisotopic (exact) mass is 532 g/mol. The van der Waals surface area contributed by atoms with Crippen molar-refractivity contribution in [2.45, 2.75) is 70.6 Å². The molecule has 3 aromatic rings. The number of hydrogen-bond acceptors (Lipinski definition) is 4. The molecule has 1 N–H and O–H groups in total. The Hall–Kier alpha value is -3.32. The Kier molecular flexibility index (Phi) is 7.23. The minimum atomic E-state index is -3.50. The Morgan fingerprint density at radius 3 is 2.42 bits per heavy atom. The minimum absolute atomic E-state index is 0.116. The Morgan fingerprint density at radius 1 is 1.00 bits per heavy atom. The van der Waals surface area contributed by atoms with Gasteiger partial charge in [-0.15, -0.1) is 0 Å². The van der Waals surface area contributed by atoms with Crippen LogP contribution >= 0.6 is 0 Å². The van der Waals surface area contributed by atoms with Crippen molar-refractivity contribution in [3.05, 3.63) is 94.5 Å². The van der Waals surface area contributed by atoms with Gasteiger partial charge < -0.3 is 10.1 Å². The zero-order valence-electron chi connectivity index (χ0n) is 22.4. The average molecular weight is 533 g/mol. The molecule has 0 saturated heterocycles. The smallest absolute Gasteiger partial charge is 0.251 e. The van der Waals surface area contributed by atoms with E-state index in [0.717, 1.165) is 60.1 Å². The highest BCUT2D eigenvalue weighted by Gasteiger charge is 2.42. The van der Waals surface area contributed by atoms with E-state index in [9.17, 15) is 13.2 Å². The molecule has 1 atom stereocenters. The van der Waals surface area contributed by atoms with Crippen LogP contribution in [0, 0.1) is 13.8 Å². The van der Waals surface area contributed by atoms with Gasteiger partial charge in [0.2, 0.25) is 10.0 Å². The molecule has 0 radical (unpaired) electrons. The van der Waals surface area contributed by atoms with E-state index in [0.29, 0.717) is 11.3 Å². The highest BCUT2D eigenvalue weighted by atomic mass is 32.2. The standard InChI is InChI=1S/C31H36N2O4S/c1-22-11-12-23(2)28(19-22)33(38(3,35)36)21-24-13-15-25(16-14-24)30(34)32-27-20-31(17-7-4-8-18-31)37-29-10-6-5-9-26(27)29/h5-6,9-16,19,27H,4,7-8,17-18,20-21H2,1-3H3,(H,32,34)/t27-/m0/s1. The predicted molar refractivity (Wildman–Crippen MR) is 151 cm³/mol. The van der Waals surface area contributed by atoms with Crippen LogP contribution in [0.5, 0.6) is 5.75 Å². The number of carbonyl (C=O) groups is 1. The molecule has 5 rings (SSSR count). The first-order chi connectivity index (χ1) is 18.1. The van der Waals surface area contributed by atoms with Gasteiger partial charge in [-0.1, -0.05) is 48.9 Å². The molecule has 1 heterocycles. The van der Waals surface area contributed by atoms with Crippen LogP contribution in [0.1, 0.15) is 77.2 Å². The fourth-order valence-corrected chi connectivity index (χ4v) is 6.73. The first-order valence-corrected chi connectivity index (χ1v) is 15.2. The molecule has 7 heteroatoms. The summed E-state index contributed by atoms with van der Waals surface area (Å²) in [7, 11) is -3.50. The third-order valence-electron chi connectivity index (χ3n) is 7.84. The summed E-state index contributed by atoms with van der Waals surface area (Å²) in [5.74, 6) is 0.729. The van der Waals surface area contributed by atoms with Gasteiger partial charge in [0, 0.05) is 17.5 Å². The predicted octanol–water partition coefficient (Wildman–Crippen LogP) is 6.23. The second-order valence-corrected chi connectivity index (χ2v) is 12.8. The summed E-state index contributed by atoms with van der Waals surface area (Å²) in [6.07, 6.45) is 7.55. The van der Waals surface area contributed by atoms with E-state index in [1.54, 1.807) is 12.1 Å². The van der Waals surface area contributed by atoms with E-state index in [-0.39, 0.29) is 24.1 Å². The Morgan fingerprint density at radius 2 is 1.71 bits per heavy atom. The summed E-state index contributed by atoms with van der Waals surface area (Å²) in [6.45, 7) is 4.05. The van der Waals surface area contributed by atoms with Crippen molar-refractivity contribution in [1.29, 1.82) is 0 Å². The maximum absolute atomic E-state index is 13.3. The Labute approximate surface area is 226 Å². The maximum Gasteiger partial charge on any atom is 0.251 e. The summed E-state index contributed by atoms with van der Waals surface area (Å²) in [5.41, 5.74) is 4.73. The molecule has 1 saturated carbocycles. The minimum Gasteiger partial charge on any atom is -0.487 e. The average Bonchev–Trinajstić information content (AvgIpc) is 2.89. The first kappa shape index (κ1) is 26.3. The van der Waals surface area contributed by atoms with E-state index in [2.05, 4.69) is 5.32 Å². The van der Waals surface area contributed by atoms with Crippen LogP contribution < -0.4 is 14.4 Å². The Bertz CT molecular complexity index is 1430. The number of aryl methyl sites for hydroxylation is 2. The lowest BCUT2D eigenvalue weighted by Gasteiger charge is -2.44. The number of carbonyl (C=O) groups excluding carboxylic acids is 1. The fraction of sp³-hybridized carbons (Fsp3) is 0.387. The van der Waals surface area contributed by atoms with Gasteiger partial charge in [0.05, 0.1) is 24.5 Å². The lowest BCUT2D eigenvalue weighted by atomic mass is 9.77. The van der Waals surface area contributed by atoms with Crippen molar-refractivity contribution in [3.8, 4) is 5.75 Å². The number of rotatable bonds is 6. The van der Waals surface area contributed by atoms with E-state index in [1.807, 2.05) is 68.4 Å². The zero-order chi connectivity index (χ0) is 26.9. The van der Waals surface area contributed by atoms with Crippen LogP contribution in [0.25, 0.3) is 0 Å². The van der Waals surface area contributed by atoms with E-state index >= 15 is 0 Å². The summed E-state index contributed by atoms with van der Waals surface area (Å²) >= 11 is 0. The van der Waals surface area contributed by atoms with Crippen molar-refractivity contribution >= 4 is 21.6 Å². The second-order valence-electron chi connectivity index (χ2n) is 10.9. The molecule has 0 bridgehead atoms. The van der Waals surface area contributed by atoms with Crippen molar-refractivity contribution in [3.63, 3.8) is 0 Å². The Balaban J connectivity index is 1.34. The number of ether oxygens (including phenoxy) is 1. The molecular formula is C31H36N2O4S. The van der Waals surface area contributed by atoms with Gasteiger partial charge in [-0.05, 0) is 80.5 Å². The normalized spacial score (nSPS) is 18.3. The van der Waals surface area contributed by atoms with Gasteiger partial charge in [0.25, 0.3) is 5.91 Å². The molecule has 200 valence electrons. The topological polar surface area (TPSA) is 75.7 Å². The molecule has 1 amide bonds. The molecule has 1 fully saturated rings. The number of benzene rings is 3. The van der Waals surface area contributed by atoms with Gasteiger partial charge >= 0.3 is 0 Å². The van der Waals surface area contributed by atoms with Gasteiger partial charge in [-0.3, -0.25) is 9.10 Å². The summed E-state index contributed by atoms with van der Waals surface area (Å²) < 4.78 is 33.3. The van der Waals surface area contributed by atoms with Gasteiger partial charge in [0.15, 0.2) is 0 Å². The quantitative estimate of drug-likeness (QED) is 0.409. The zero-order valence-corrected chi connectivity index (χ0v) is 23.2. The van der Waals surface area contributed by atoms with E-state index in [4.69, 9.17) is 4.74 Å². The summed E-state index contributed by atoms with van der Waals surface area (Å²) in [6, 6.07) is 20.9. The highest BCUT2D eigenvalue weighted by Crippen LogP contribution is 2.46. The molecule has 1 spiro atoms. The third-order valence-corrected chi connectivity index (χ3v) is 8.97. The number of anilines is 1. The molecule has 38 heavy (non-hydrogen) atoms. The molecule has 1 aliphatic heterocycles. The third kappa shape index (κ3) is 5.58. The SMILES string of the molecule is Cc1ccc(C)c(N(Cc2ccc(C(=O)N[C@H]3CC4(CCCCC4)Oc4ccccc43)cc2)S(C)(=O)=O)c1. The van der Waals surface area contributed by atoms with Gasteiger partial charge in [-0.2, -0.15) is 0 Å². The van der Waals surface area contributed by atoms with Crippen molar-refractivity contribution in [1.82, 2.24) is 5.32 Å². The van der Waals surface area contributed by atoms with Crippen LogP contribution in [0.2, 0.25) is 0 Å². The number of sulfonamides is 1. The summed E-state index contributed by atoms with van der Waals surface area (Å²) in [5, 5.41) is 3.26. The van der Waals surface area contributed by atoms with Gasteiger partial charge in [0.1, 0.15) is 11.4 Å². The van der Waals surface area contributed by atoms with Crippen molar-refractivity contribution in [2.75, 3.05) is 10.6 Å². The lowest BCUT2D eigenvalue weighted by Crippen LogP contribution is -2.46. The number of hydrogen-bond donors (Lipinski definition) is 1. The van der Waals surface area contributed by atoms with Gasteiger partial charge in [-0.25, -0.2) is 8.42 Å². The number of fused-ring (bicyclic) bond motifs is 1. The van der Waals surface area contributed by atoms with E-state index < -0.39 is 10.0 Å². The van der Waals surface area contributed by atoms with Crippen LogP contribution in [0.3, 0.4) is 0 Å². The van der Waals surface area contributed by atoms with Crippen molar-refractivity contribution < 1.29 is 17.9 Å². The van der Waals surface area contributed by atoms with Crippen molar-refractivity contribution in [2.24, 2.45) is 0 Å². The first-order valence-electron chi connectivity index (χ1n) is 13.4. The highest BCUT2D eigenvalue weighted by molar-refractivity contribution is 7.92. The van der Waals surface area contributed by atoms with Crippen LogP contribution in [-0.2, 0) is 16.6 Å². The molecule has 0 unspecified atom stereocenters. The second kappa shape index (κ2) is 10.4. The number of para-hydroxylation sites is 1. The fourth-order valence-electron chi connectivity index (χ4n) is 5.79. The van der Waals surface area contributed by atoms with Crippen LogP contribution in [0.15, 0.2) is 66.7 Å². The summed E-state index contributed by atoms with van der Waals surface area (Å²) in [4.78, 5) is 13.3. The molecule has 3 aromatic carbocycles.